The lowest BCUT2D eigenvalue weighted by Crippen LogP contribution is -2.10. The number of ether oxygens (including phenoxy) is 6. The van der Waals surface area contributed by atoms with Gasteiger partial charge in [0.05, 0.1) is 40.1 Å². The predicted octanol–water partition coefficient (Wildman–Crippen LogP) is 7.00. The van der Waals surface area contributed by atoms with Gasteiger partial charge in [-0.05, 0) is 67.3 Å². The number of hydrogen-bond donors (Lipinski definition) is 0. The van der Waals surface area contributed by atoms with Crippen LogP contribution >= 0.6 is 0 Å². The Kier molecular flexibility index (Phi) is 12.9. The number of allylic oxidation sites excluding steroid dienone is 1. The van der Waals surface area contributed by atoms with E-state index in [4.69, 9.17) is 28.4 Å². The zero-order chi connectivity index (χ0) is 31.2. The molecule has 0 heterocycles. The molecular formula is C35H42O8. The van der Waals surface area contributed by atoms with E-state index in [-0.39, 0.29) is 19.0 Å². The summed E-state index contributed by atoms with van der Waals surface area (Å²) in [6, 6.07) is 16.6. The molecule has 0 aliphatic carbocycles. The summed E-state index contributed by atoms with van der Waals surface area (Å²) in [5.74, 6) is 2.10. The van der Waals surface area contributed by atoms with Gasteiger partial charge in [0.25, 0.3) is 0 Å². The van der Waals surface area contributed by atoms with Crippen LogP contribution in [0.1, 0.15) is 65.7 Å². The van der Waals surface area contributed by atoms with Gasteiger partial charge in [0.15, 0.2) is 0 Å². The van der Waals surface area contributed by atoms with Crippen molar-refractivity contribution in [3.05, 3.63) is 89.0 Å². The fraction of sp³-hybridized carbons (Fsp3) is 0.371. The van der Waals surface area contributed by atoms with Crippen molar-refractivity contribution < 1.29 is 38.0 Å². The highest BCUT2D eigenvalue weighted by molar-refractivity contribution is 5.89. The molecule has 0 N–H and O–H groups in total. The van der Waals surface area contributed by atoms with E-state index in [9.17, 15) is 9.59 Å². The molecule has 3 aromatic carbocycles. The summed E-state index contributed by atoms with van der Waals surface area (Å²) in [5.41, 5.74) is 4.99. The highest BCUT2D eigenvalue weighted by Gasteiger charge is 2.17. The fourth-order valence-electron chi connectivity index (χ4n) is 4.68. The molecule has 0 bridgehead atoms. The van der Waals surface area contributed by atoms with E-state index in [0.717, 1.165) is 52.2 Å². The van der Waals surface area contributed by atoms with Crippen LogP contribution in [0.15, 0.2) is 61.2 Å². The first kappa shape index (κ1) is 33.0. The summed E-state index contributed by atoms with van der Waals surface area (Å²) >= 11 is 0. The van der Waals surface area contributed by atoms with Crippen molar-refractivity contribution in [3.63, 3.8) is 0 Å². The number of benzene rings is 3. The first-order chi connectivity index (χ1) is 20.8. The van der Waals surface area contributed by atoms with E-state index in [1.807, 2.05) is 43.3 Å². The van der Waals surface area contributed by atoms with Crippen LogP contribution in [0.25, 0.3) is 5.57 Å². The highest BCUT2D eigenvalue weighted by Crippen LogP contribution is 2.36. The molecule has 0 aliphatic heterocycles. The lowest BCUT2D eigenvalue weighted by atomic mass is 10.00. The van der Waals surface area contributed by atoms with Crippen LogP contribution in [-0.2, 0) is 33.7 Å². The van der Waals surface area contributed by atoms with Gasteiger partial charge >= 0.3 is 11.9 Å². The van der Waals surface area contributed by atoms with E-state index >= 15 is 0 Å². The molecule has 0 saturated carbocycles. The van der Waals surface area contributed by atoms with Crippen LogP contribution in [0.3, 0.4) is 0 Å². The molecule has 3 rings (SSSR count). The summed E-state index contributed by atoms with van der Waals surface area (Å²) in [6.07, 6.45) is 2.99. The van der Waals surface area contributed by atoms with E-state index in [1.54, 1.807) is 25.3 Å². The summed E-state index contributed by atoms with van der Waals surface area (Å²) < 4.78 is 33.9. The molecule has 0 fully saturated rings. The molecule has 43 heavy (non-hydrogen) atoms. The average molecular weight is 591 g/mol. The Bertz CT molecular complexity index is 1390. The van der Waals surface area contributed by atoms with Gasteiger partial charge in [-0.15, -0.1) is 0 Å². The third-order valence-corrected chi connectivity index (χ3v) is 6.82. The highest BCUT2D eigenvalue weighted by atomic mass is 16.5. The van der Waals surface area contributed by atoms with Crippen LogP contribution in [0.5, 0.6) is 23.0 Å². The lowest BCUT2D eigenvalue weighted by Gasteiger charge is -2.19. The number of hydrogen-bond acceptors (Lipinski definition) is 8. The first-order valence-corrected chi connectivity index (χ1v) is 14.4. The maximum atomic E-state index is 12.0. The maximum Gasteiger partial charge on any atom is 0.337 e. The van der Waals surface area contributed by atoms with Crippen molar-refractivity contribution in [2.45, 2.75) is 52.6 Å². The van der Waals surface area contributed by atoms with Gasteiger partial charge in [-0.3, -0.25) is 4.79 Å². The number of esters is 2. The molecule has 0 atom stereocenters. The van der Waals surface area contributed by atoms with Gasteiger partial charge in [-0.1, -0.05) is 38.1 Å². The van der Waals surface area contributed by atoms with Crippen LogP contribution in [0.4, 0.5) is 0 Å². The molecule has 0 unspecified atom stereocenters. The van der Waals surface area contributed by atoms with E-state index < -0.39 is 5.97 Å². The topological polar surface area (TPSA) is 89.5 Å². The van der Waals surface area contributed by atoms with Crippen LogP contribution in [0, 0.1) is 0 Å². The first-order valence-electron chi connectivity index (χ1n) is 14.4. The molecule has 0 aliphatic rings. The average Bonchev–Trinajstić information content (AvgIpc) is 3.02. The minimum Gasteiger partial charge on any atom is -0.496 e. The molecule has 0 spiro atoms. The lowest BCUT2D eigenvalue weighted by molar-refractivity contribution is -0.140. The minimum atomic E-state index is -0.412. The van der Waals surface area contributed by atoms with Gasteiger partial charge in [0.1, 0.15) is 29.6 Å². The van der Waals surface area contributed by atoms with Crippen LogP contribution < -0.4 is 18.9 Å². The molecule has 230 valence electrons. The second-order valence-electron chi connectivity index (χ2n) is 9.99. The molecule has 8 nitrogen and oxygen atoms in total. The van der Waals surface area contributed by atoms with Gasteiger partial charge in [0, 0.05) is 29.5 Å². The maximum absolute atomic E-state index is 12.0. The summed E-state index contributed by atoms with van der Waals surface area (Å²) in [7, 11) is 4.39. The van der Waals surface area contributed by atoms with Crippen molar-refractivity contribution in [1.82, 2.24) is 0 Å². The van der Waals surface area contributed by atoms with Gasteiger partial charge in [-0.2, -0.15) is 0 Å². The Morgan fingerprint density at radius 1 is 0.791 bits per heavy atom. The third kappa shape index (κ3) is 9.26. The van der Waals surface area contributed by atoms with Crippen molar-refractivity contribution in [3.8, 4) is 23.0 Å². The Labute approximate surface area is 254 Å². The number of carbonyl (C=O) groups excluding carboxylic acids is 2. The number of carbonyl (C=O) groups is 2. The van der Waals surface area contributed by atoms with Crippen molar-refractivity contribution in [2.24, 2.45) is 0 Å². The van der Waals surface area contributed by atoms with Gasteiger partial charge in [-0.25, -0.2) is 4.79 Å². The second kappa shape index (κ2) is 16.9. The minimum absolute atomic E-state index is 0.177. The van der Waals surface area contributed by atoms with Gasteiger partial charge < -0.3 is 28.4 Å². The molecule has 3 aromatic rings. The van der Waals surface area contributed by atoms with E-state index in [1.165, 1.54) is 14.2 Å². The molecule has 8 heteroatoms. The summed E-state index contributed by atoms with van der Waals surface area (Å²) in [6.45, 7) is 9.24. The Morgan fingerprint density at radius 2 is 1.47 bits per heavy atom. The van der Waals surface area contributed by atoms with Crippen molar-refractivity contribution in [1.29, 1.82) is 0 Å². The monoisotopic (exact) mass is 590 g/mol. The largest absolute Gasteiger partial charge is 0.496 e. The summed E-state index contributed by atoms with van der Waals surface area (Å²) in [4.78, 5) is 23.9. The molecular weight excluding hydrogens is 548 g/mol. The molecule has 0 aromatic heterocycles. The Hall–Kier alpha value is -4.46. The molecule has 0 amide bonds. The zero-order valence-corrected chi connectivity index (χ0v) is 25.8. The number of methoxy groups -OCH3 is 3. The van der Waals surface area contributed by atoms with Crippen LogP contribution in [0.2, 0.25) is 0 Å². The smallest absolute Gasteiger partial charge is 0.337 e. The quantitative estimate of drug-likeness (QED) is 0.123. The zero-order valence-electron chi connectivity index (χ0n) is 25.8. The van der Waals surface area contributed by atoms with Crippen molar-refractivity contribution >= 4 is 17.5 Å². The normalized spacial score (nSPS) is 10.5. The second-order valence-corrected chi connectivity index (χ2v) is 9.99. The summed E-state index contributed by atoms with van der Waals surface area (Å²) in [5, 5.41) is 0. The Balaban J connectivity index is 1.69. The number of rotatable bonds is 17. The standard InChI is InChI=1S/C35H42O8/c1-7-11-29-32(18-16-27(24(2)3)34(29)39-5)42-21-10-20-41-30-14-9-15-31(28(30)17-19-33(36)38-4)43-23-25-12-8-13-26(22-25)35(37)40-6/h8-9,12-16,18,22H,2,7,10-11,17,19-21,23H2,1,3-6H3. The third-order valence-electron chi connectivity index (χ3n) is 6.82. The SMILES string of the molecule is C=C(C)c1ccc(OCCCOc2cccc(OCc3cccc(C(=O)OC)c3)c2CCC(=O)OC)c(CCC)c1OC. The fourth-order valence-corrected chi connectivity index (χ4v) is 4.68. The predicted molar refractivity (Wildman–Crippen MR) is 166 cm³/mol. The van der Waals surface area contributed by atoms with Gasteiger partial charge in [0.2, 0.25) is 0 Å². The van der Waals surface area contributed by atoms with Crippen molar-refractivity contribution in [2.75, 3.05) is 34.5 Å². The molecule has 0 radical (unpaired) electrons. The Morgan fingerprint density at radius 3 is 2.09 bits per heavy atom. The van der Waals surface area contributed by atoms with E-state index in [0.29, 0.717) is 43.1 Å². The van der Waals surface area contributed by atoms with E-state index in [2.05, 4.69) is 13.5 Å². The van der Waals surface area contributed by atoms with Crippen LogP contribution in [-0.4, -0.2) is 46.5 Å². The molecule has 0 saturated heterocycles.